The second-order valence-corrected chi connectivity index (χ2v) is 5.01. The van der Waals surface area contributed by atoms with Gasteiger partial charge in [-0.1, -0.05) is 12.1 Å². The van der Waals surface area contributed by atoms with Crippen LogP contribution in [-0.2, 0) is 0 Å². The molecule has 0 amide bonds. The zero-order valence-corrected chi connectivity index (χ0v) is 10.5. The number of hydrogen-bond acceptors (Lipinski definition) is 3. The molecule has 3 heteroatoms. The predicted octanol–water partition coefficient (Wildman–Crippen LogP) is 2.03. The molecular formula is C14H22N2O. The SMILES string of the molecule is CC(c1cccc(N)c1)N1CCC(CO)CC1. The molecule has 1 heterocycles. The van der Waals surface area contributed by atoms with E-state index in [4.69, 9.17) is 10.8 Å². The van der Waals surface area contributed by atoms with E-state index in [1.165, 1.54) is 5.56 Å². The summed E-state index contributed by atoms with van der Waals surface area (Å²) in [7, 11) is 0. The molecule has 3 N–H and O–H groups in total. The van der Waals surface area contributed by atoms with E-state index in [9.17, 15) is 0 Å². The molecule has 0 aliphatic carbocycles. The van der Waals surface area contributed by atoms with Gasteiger partial charge in [0.25, 0.3) is 0 Å². The number of nitrogen functional groups attached to an aromatic ring is 1. The van der Waals surface area contributed by atoms with Crippen LogP contribution in [-0.4, -0.2) is 29.7 Å². The van der Waals surface area contributed by atoms with Crippen LogP contribution in [0.5, 0.6) is 0 Å². The topological polar surface area (TPSA) is 49.5 Å². The van der Waals surface area contributed by atoms with Gasteiger partial charge in [-0.05, 0) is 56.5 Å². The smallest absolute Gasteiger partial charge is 0.0460 e. The quantitative estimate of drug-likeness (QED) is 0.787. The van der Waals surface area contributed by atoms with Crippen LogP contribution in [0, 0.1) is 5.92 Å². The van der Waals surface area contributed by atoms with Gasteiger partial charge in [-0.2, -0.15) is 0 Å². The fourth-order valence-corrected chi connectivity index (χ4v) is 2.55. The number of piperidine rings is 1. The lowest BCUT2D eigenvalue weighted by atomic mass is 9.95. The van der Waals surface area contributed by atoms with Crippen LogP contribution in [0.1, 0.15) is 31.4 Å². The summed E-state index contributed by atoms with van der Waals surface area (Å²) in [5.41, 5.74) is 7.94. The average molecular weight is 234 g/mol. The number of anilines is 1. The Morgan fingerprint density at radius 3 is 2.71 bits per heavy atom. The number of nitrogens with two attached hydrogens (primary N) is 1. The second-order valence-electron chi connectivity index (χ2n) is 5.01. The van der Waals surface area contributed by atoms with Crippen molar-refractivity contribution in [2.45, 2.75) is 25.8 Å². The van der Waals surface area contributed by atoms with Crippen molar-refractivity contribution in [3.8, 4) is 0 Å². The Kier molecular flexibility index (Phi) is 4.02. The lowest BCUT2D eigenvalue weighted by Crippen LogP contribution is -2.36. The largest absolute Gasteiger partial charge is 0.399 e. The van der Waals surface area contributed by atoms with Gasteiger partial charge in [-0.3, -0.25) is 4.90 Å². The number of aliphatic hydroxyl groups is 1. The number of nitrogens with zero attached hydrogens (tertiary/aromatic N) is 1. The molecule has 0 radical (unpaired) electrons. The van der Waals surface area contributed by atoms with E-state index >= 15 is 0 Å². The Hall–Kier alpha value is -1.06. The van der Waals surface area contributed by atoms with E-state index in [1.54, 1.807) is 0 Å². The highest BCUT2D eigenvalue weighted by Gasteiger charge is 2.22. The van der Waals surface area contributed by atoms with Gasteiger partial charge in [0.05, 0.1) is 0 Å². The molecule has 1 atom stereocenters. The summed E-state index contributed by atoms with van der Waals surface area (Å²) in [6.07, 6.45) is 2.20. The Balaban J connectivity index is 1.99. The van der Waals surface area contributed by atoms with Gasteiger partial charge in [-0.25, -0.2) is 0 Å². The highest BCUT2D eigenvalue weighted by atomic mass is 16.3. The maximum Gasteiger partial charge on any atom is 0.0460 e. The summed E-state index contributed by atoms with van der Waals surface area (Å²) >= 11 is 0. The van der Waals surface area contributed by atoms with E-state index < -0.39 is 0 Å². The van der Waals surface area contributed by atoms with Crippen molar-refractivity contribution >= 4 is 5.69 Å². The highest BCUT2D eigenvalue weighted by Crippen LogP contribution is 2.27. The lowest BCUT2D eigenvalue weighted by Gasteiger charge is -2.35. The zero-order chi connectivity index (χ0) is 12.3. The fraction of sp³-hybridized carbons (Fsp3) is 0.571. The zero-order valence-electron chi connectivity index (χ0n) is 10.5. The minimum Gasteiger partial charge on any atom is -0.399 e. The first-order valence-corrected chi connectivity index (χ1v) is 6.41. The van der Waals surface area contributed by atoms with Crippen LogP contribution in [0.3, 0.4) is 0 Å². The first-order valence-electron chi connectivity index (χ1n) is 6.41. The van der Waals surface area contributed by atoms with Gasteiger partial charge in [0.15, 0.2) is 0 Å². The third kappa shape index (κ3) is 2.99. The highest BCUT2D eigenvalue weighted by molar-refractivity contribution is 5.41. The van der Waals surface area contributed by atoms with Gasteiger partial charge in [-0.15, -0.1) is 0 Å². The lowest BCUT2D eigenvalue weighted by molar-refractivity contribution is 0.106. The third-order valence-electron chi connectivity index (χ3n) is 3.85. The standard InChI is InChI=1S/C14H22N2O/c1-11(13-3-2-4-14(15)9-13)16-7-5-12(10-17)6-8-16/h2-4,9,11-12,17H,5-8,10,15H2,1H3. The molecule has 0 spiro atoms. The molecule has 1 aromatic carbocycles. The van der Waals surface area contributed by atoms with Crippen molar-refractivity contribution in [3.05, 3.63) is 29.8 Å². The van der Waals surface area contributed by atoms with E-state index in [0.717, 1.165) is 31.6 Å². The van der Waals surface area contributed by atoms with Gasteiger partial charge in [0, 0.05) is 18.3 Å². The van der Waals surface area contributed by atoms with E-state index in [1.807, 2.05) is 12.1 Å². The monoisotopic (exact) mass is 234 g/mol. The maximum atomic E-state index is 9.13. The summed E-state index contributed by atoms with van der Waals surface area (Å²) in [4.78, 5) is 2.47. The van der Waals surface area contributed by atoms with Crippen molar-refractivity contribution in [3.63, 3.8) is 0 Å². The van der Waals surface area contributed by atoms with Crippen LogP contribution in [0.4, 0.5) is 5.69 Å². The molecule has 0 saturated carbocycles. The molecular weight excluding hydrogens is 212 g/mol. The average Bonchev–Trinajstić information content (AvgIpc) is 2.38. The normalized spacial score (nSPS) is 20.4. The number of likely N-dealkylation sites (tertiary alicyclic amines) is 1. The molecule has 1 fully saturated rings. The summed E-state index contributed by atoms with van der Waals surface area (Å²) in [6, 6.07) is 8.55. The first-order chi connectivity index (χ1) is 8.20. The van der Waals surface area contributed by atoms with Crippen molar-refractivity contribution in [2.24, 2.45) is 5.92 Å². The maximum absolute atomic E-state index is 9.13. The van der Waals surface area contributed by atoms with E-state index in [-0.39, 0.29) is 0 Å². The Morgan fingerprint density at radius 1 is 1.41 bits per heavy atom. The van der Waals surface area contributed by atoms with Gasteiger partial charge in [0.2, 0.25) is 0 Å². The molecule has 3 nitrogen and oxygen atoms in total. The van der Waals surface area contributed by atoms with E-state index in [2.05, 4.69) is 24.0 Å². The van der Waals surface area contributed by atoms with Crippen LogP contribution >= 0.6 is 0 Å². The molecule has 0 aromatic heterocycles. The number of benzene rings is 1. The summed E-state index contributed by atoms with van der Waals surface area (Å²) in [6.45, 7) is 4.71. The van der Waals surface area contributed by atoms with Gasteiger partial charge >= 0.3 is 0 Å². The van der Waals surface area contributed by atoms with Crippen molar-refractivity contribution in [2.75, 3.05) is 25.4 Å². The fourth-order valence-electron chi connectivity index (χ4n) is 2.55. The third-order valence-corrected chi connectivity index (χ3v) is 3.85. The number of hydrogen-bond donors (Lipinski definition) is 2. The molecule has 2 rings (SSSR count). The summed E-state index contributed by atoms with van der Waals surface area (Å²) in [5, 5.41) is 9.13. The Labute approximate surface area is 103 Å². The van der Waals surface area contributed by atoms with Crippen LogP contribution < -0.4 is 5.73 Å². The number of rotatable bonds is 3. The van der Waals surface area contributed by atoms with Gasteiger partial charge < -0.3 is 10.8 Å². The minimum atomic E-state index is 0.334. The van der Waals surface area contributed by atoms with Crippen LogP contribution in [0.2, 0.25) is 0 Å². The van der Waals surface area contributed by atoms with E-state index in [0.29, 0.717) is 18.6 Å². The van der Waals surface area contributed by atoms with Crippen LogP contribution in [0.15, 0.2) is 24.3 Å². The molecule has 1 aliphatic heterocycles. The van der Waals surface area contributed by atoms with Crippen molar-refractivity contribution in [1.29, 1.82) is 0 Å². The minimum absolute atomic E-state index is 0.334. The number of aliphatic hydroxyl groups excluding tert-OH is 1. The molecule has 17 heavy (non-hydrogen) atoms. The predicted molar refractivity (Wildman–Crippen MR) is 70.7 cm³/mol. The molecule has 1 aromatic rings. The first kappa shape index (κ1) is 12.4. The van der Waals surface area contributed by atoms with Gasteiger partial charge in [0.1, 0.15) is 0 Å². The second kappa shape index (κ2) is 5.52. The van der Waals surface area contributed by atoms with Crippen molar-refractivity contribution < 1.29 is 5.11 Å². The molecule has 94 valence electrons. The molecule has 1 unspecified atom stereocenters. The molecule has 0 bridgehead atoms. The molecule has 1 saturated heterocycles. The Bertz CT molecular complexity index is 359. The summed E-state index contributed by atoms with van der Waals surface area (Å²) < 4.78 is 0. The van der Waals surface area contributed by atoms with Crippen LogP contribution in [0.25, 0.3) is 0 Å². The summed E-state index contributed by atoms with van der Waals surface area (Å²) in [5.74, 6) is 0.499. The van der Waals surface area contributed by atoms with Crippen molar-refractivity contribution in [1.82, 2.24) is 4.90 Å². The Morgan fingerprint density at radius 2 is 2.12 bits per heavy atom. The molecule has 1 aliphatic rings.